The first kappa shape index (κ1) is 12.1. The third-order valence-corrected chi connectivity index (χ3v) is 4.48. The largest absolute Gasteiger partial charge is 0.383 e. The standard InChI is InChI=1S/C11H13FN2O2S/c1-2-6-14-7-5-13-10-4-3-9(12)8-11(10)17(14,15)16/h2-4,8,13H,1,5-7H2. The van der Waals surface area contributed by atoms with E-state index in [1.54, 1.807) is 0 Å². The molecule has 1 aromatic carbocycles. The number of rotatable bonds is 2. The van der Waals surface area contributed by atoms with Gasteiger partial charge in [-0.3, -0.25) is 0 Å². The molecule has 6 heteroatoms. The number of halogens is 1. The van der Waals surface area contributed by atoms with Crippen molar-refractivity contribution in [3.63, 3.8) is 0 Å². The van der Waals surface area contributed by atoms with Gasteiger partial charge in [0, 0.05) is 19.6 Å². The van der Waals surface area contributed by atoms with Crippen molar-refractivity contribution in [1.29, 1.82) is 0 Å². The molecule has 0 aliphatic carbocycles. The lowest BCUT2D eigenvalue weighted by Crippen LogP contribution is -2.32. The van der Waals surface area contributed by atoms with E-state index in [2.05, 4.69) is 11.9 Å². The van der Waals surface area contributed by atoms with E-state index in [4.69, 9.17) is 0 Å². The summed E-state index contributed by atoms with van der Waals surface area (Å²) in [5, 5.41) is 2.97. The van der Waals surface area contributed by atoms with Gasteiger partial charge in [-0.2, -0.15) is 4.31 Å². The van der Waals surface area contributed by atoms with Crippen molar-refractivity contribution in [3.05, 3.63) is 36.7 Å². The highest BCUT2D eigenvalue weighted by atomic mass is 32.2. The first-order valence-electron chi connectivity index (χ1n) is 5.20. The molecule has 0 saturated carbocycles. The second-order valence-electron chi connectivity index (χ2n) is 3.72. The highest BCUT2D eigenvalue weighted by Gasteiger charge is 2.28. The Labute approximate surface area is 99.8 Å². The lowest BCUT2D eigenvalue weighted by Gasteiger charge is -2.17. The van der Waals surface area contributed by atoms with Crippen molar-refractivity contribution in [1.82, 2.24) is 4.31 Å². The van der Waals surface area contributed by atoms with E-state index in [-0.39, 0.29) is 11.4 Å². The van der Waals surface area contributed by atoms with Crippen molar-refractivity contribution >= 4 is 15.7 Å². The molecule has 4 nitrogen and oxygen atoms in total. The van der Waals surface area contributed by atoms with Gasteiger partial charge in [0.1, 0.15) is 10.7 Å². The Bertz CT molecular complexity index is 542. The zero-order valence-corrected chi connectivity index (χ0v) is 10.0. The summed E-state index contributed by atoms with van der Waals surface area (Å²) in [6.07, 6.45) is 1.52. The van der Waals surface area contributed by atoms with Gasteiger partial charge in [-0.1, -0.05) is 6.08 Å². The molecular formula is C11H13FN2O2S. The summed E-state index contributed by atoms with van der Waals surface area (Å²) < 4.78 is 38.9. The summed E-state index contributed by atoms with van der Waals surface area (Å²) >= 11 is 0. The molecule has 0 radical (unpaired) electrons. The molecule has 1 aromatic rings. The first-order valence-corrected chi connectivity index (χ1v) is 6.64. The van der Waals surface area contributed by atoms with E-state index in [0.29, 0.717) is 18.8 Å². The molecule has 0 spiro atoms. The minimum absolute atomic E-state index is 0.0168. The highest BCUT2D eigenvalue weighted by molar-refractivity contribution is 7.89. The summed E-state index contributed by atoms with van der Waals surface area (Å²) in [5.74, 6) is -0.561. The van der Waals surface area contributed by atoms with Crippen LogP contribution in [0.4, 0.5) is 10.1 Å². The summed E-state index contributed by atoms with van der Waals surface area (Å²) in [5.41, 5.74) is 0.443. The first-order chi connectivity index (χ1) is 8.05. The van der Waals surface area contributed by atoms with E-state index in [9.17, 15) is 12.8 Å². The van der Waals surface area contributed by atoms with E-state index in [0.717, 1.165) is 6.07 Å². The number of nitrogens with one attached hydrogen (secondary N) is 1. The molecule has 0 amide bonds. The molecule has 92 valence electrons. The fourth-order valence-corrected chi connectivity index (χ4v) is 3.35. The molecule has 0 bridgehead atoms. The smallest absolute Gasteiger partial charge is 0.245 e. The Morgan fingerprint density at radius 1 is 1.53 bits per heavy atom. The van der Waals surface area contributed by atoms with Crippen molar-refractivity contribution in [2.45, 2.75) is 4.90 Å². The Kier molecular flexibility index (Phi) is 3.17. The molecular weight excluding hydrogens is 243 g/mol. The quantitative estimate of drug-likeness (QED) is 0.814. The molecule has 0 saturated heterocycles. The molecule has 0 unspecified atom stereocenters. The van der Waals surface area contributed by atoms with Crippen LogP contribution in [0.2, 0.25) is 0 Å². The predicted molar refractivity (Wildman–Crippen MR) is 63.8 cm³/mol. The number of anilines is 1. The number of hydrogen-bond donors (Lipinski definition) is 1. The van der Waals surface area contributed by atoms with Crippen LogP contribution < -0.4 is 5.32 Å². The van der Waals surface area contributed by atoms with E-state index in [1.165, 1.54) is 22.5 Å². The fraction of sp³-hybridized carbons (Fsp3) is 0.273. The molecule has 1 heterocycles. The Balaban J connectivity index is 2.56. The van der Waals surface area contributed by atoms with Crippen LogP contribution in [0.3, 0.4) is 0 Å². The van der Waals surface area contributed by atoms with Crippen molar-refractivity contribution in [2.75, 3.05) is 25.0 Å². The predicted octanol–water partition coefficient (Wildman–Crippen LogP) is 1.43. The molecule has 1 aliphatic rings. The van der Waals surface area contributed by atoms with Gasteiger partial charge >= 0.3 is 0 Å². The van der Waals surface area contributed by atoms with Crippen LogP contribution in [0.1, 0.15) is 0 Å². The van der Waals surface area contributed by atoms with Crippen molar-refractivity contribution < 1.29 is 12.8 Å². The normalized spacial score (nSPS) is 18.9. The van der Waals surface area contributed by atoms with E-state index >= 15 is 0 Å². The van der Waals surface area contributed by atoms with E-state index < -0.39 is 15.8 Å². The Hall–Kier alpha value is -1.40. The van der Waals surface area contributed by atoms with Gasteiger partial charge in [0.05, 0.1) is 5.69 Å². The van der Waals surface area contributed by atoms with Crippen LogP contribution >= 0.6 is 0 Å². The maximum atomic E-state index is 13.2. The number of fused-ring (bicyclic) bond motifs is 1. The lowest BCUT2D eigenvalue weighted by molar-refractivity contribution is 0.458. The van der Waals surface area contributed by atoms with Crippen LogP contribution in [0, 0.1) is 5.82 Å². The van der Waals surface area contributed by atoms with Crippen molar-refractivity contribution in [2.24, 2.45) is 0 Å². The van der Waals surface area contributed by atoms with Gasteiger partial charge in [0.25, 0.3) is 0 Å². The molecule has 1 aliphatic heterocycles. The third kappa shape index (κ3) is 2.18. The zero-order chi connectivity index (χ0) is 12.5. The minimum atomic E-state index is -3.64. The van der Waals surface area contributed by atoms with Gasteiger partial charge in [-0.05, 0) is 18.2 Å². The van der Waals surface area contributed by atoms with Gasteiger partial charge in [0.15, 0.2) is 0 Å². The average Bonchev–Trinajstić information content (AvgIpc) is 2.39. The summed E-state index contributed by atoms with van der Waals surface area (Å²) in [7, 11) is -3.64. The van der Waals surface area contributed by atoms with Crippen LogP contribution in [-0.2, 0) is 10.0 Å². The molecule has 0 aromatic heterocycles. The second kappa shape index (κ2) is 4.46. The molecule has 1 N–H and O–H groups in total. The number of hydrogen-bond acceptors (Lipinski definition) is 3. The topological polar surface area (TPSA) is 49.4 Å². The number of sulfonamides is 1. The van der Waals surface area contributed by atoms with E-state index in [1.807, 2.05) is 0 Å². The Morgan fingerprint density at radius 3 is 3.00 bits per heavy atom. The van der Waals surface area contributed by atoms with Crippen LogP contribution in [-0.4, -0.2) is 32.4 Å². The summed E-state index contributed by atoms with van der Waals surface area (Å²) in [6.45, 7) is 4.58. The minimum Gasteiger partial charge on any atom is -0.383 e. The molecule has 2 rings (SSSR count). The zero-order valence-electron chi connectivity index (χ0n) is 9.19. The maximum absolute atomic E-state index is 13.2. The summed E-state index contributed by atoms with van der Waals surface area (Å²) in [6, 6.07) is 3.73. The second-order valence-corrected chi connectivity index (χ2v) is 5.63. The fourth-order valence-electron chi connectivity index (χ4n) is 1.76. The Morgan fingerprint density at radius 2 is 2.29 bits per heavy atom. The summed E-state index contributed by atoms with van der Waals surface area (Å²) in [4.78, 5) is -0.0168. The van der Waals surface area contributed by atoms with Crippen LogP contribution in [0.15, 0.2) is 35.7 Å². The maximum Gasteiger partial charge on any atom is 0.245 e. The molecule has 0 fully saturated rings. The lowest BCUT2D eigenvalue weighted by atomic mass is 10.3. The molecule has 0 atom stereocenters. The van der Waals surface area contributed by atoms with Crippen LogP contribution in [0.25, 0.3) is 0 Å². The van der Waals surface area contributed by atoms with Gasteiger partial charge in [-0.25, -0.2) is 12.8 Å². The average molecular weight is 256 g/mol. The SMILES string of the molecule is C=CCN1CCNc2ccc(F)cc2S1(=O)=O. The highest BCUT2D eigenvalue weighted by Crippen LogP contribution is 2.27. The van der Waals surface area contributed by atoms with Gasteiger partial charge in [0.2, 0.25) is 10.0 Å². The van der Waals surface area contributed by atoms with Crippen LogP contribution in [0.5, 0.6) is 0 Å². The van der Waals surface area contributed by atoms with Gasteiger partial charge in [-0.15, -0.1) is 6.58 Å². The number of benzene rings is 1. The third-order valence-electron chi connectivity index (χ3n) is 2.57. The molecule has 17 heavy (non-hydrogen) atoms. The monoisotopic (exact) mass is 256 g/mol. The number of nitrogens with zero attached hydrogens (tertiary/aromatic N) is 1. The van der Waals surface area contributed by atoms with Gasteiger partial charge < -0.3 is 5.32 Å². The van der Waals surface area contributed by atoms with Crippen molar-refractivity contribution in [3.8, 4) is 0 Å².